The van der Waals surface area contributed by atoms with Crippen molar-refractivity contribution in [3.8, 4) is 0 Å². The summed E-state index contributed by atoms with van der Waals surface area (Å²) in [6.45, 7) is 13.2. The van der Waals surface area contributed by atoms with Crippen molar-refractivity contribution >= 4 is 17.7 Å². The zero-order valence-electron chi connectivity index (χ0n) is 19.9. The number of carbonyl (C=O) groups excluding carboxylic acids is 1. The van der Waals surface area contributed by atoms with E-state index in [4.69, 9.17) is 5.73 Å². The average molecular weight is 432 g/mol. The van der Waals surface area contributed by atoms with Crippen molar-refractivity contribution in [1.29, 1.82) is 0 Å². The number of amides is 1. The van der Waals surface area contributed by atoms with Crippen LogP contribution < -0.4 is 21.3 Å². The smallest absolute Gasteiger partial charge is 0.220 e. The van der Waals surface area contributed by atoms with Crippen molar-refractivity contribution < 1.29 is 4.79 Å². The van der Waals surface area contributed by atoms with Crippen molar-refractivity contribution in [2.45, 2.75) is 65.6 Å². The standard InChI is InChI=1S/C23H41N7O/c1-17(2)30(18(3)4)13-7-12-27-23(25-5)28-16-20-8-6-11-26-22(20)29-14-9-19(10-15-29)21(24)31/h6,8,11,17-19H,7,9-10,12-16H2,1-5H3,(H2,24,31)(H2,25,27,28). The van der Waals surface area contributed by atoms with Crippen LogP contribution in [0.4, 0.5) is 5.82 Å². The van der Waals surface area contributed by atoms with Crippen molar-refractivity contribution in [2.75, 3.05) is 38.1 Å². The third kappa shape index (κ3) is 7.69. The highest BCUT2D eigenvalue weighted by Crippen LogP contribution is 2.24. The molecule has 0 atom stereocenters. The number of hydrogen-bond donors (Lipinski definition) is 3. The summed E-state index contributed by atoms with van der Waals surface area (Å²) >= 11 is 0. The number of carbonyl (C=O) groups is 1. The molecule has 1 aromatic heterocycles. The largest absolute Gasteiger partial charge is 0.369 e. The second-order valence-electron chi connectivity index (χ2n) is 8.78. The summed E-state index contributed by atoms with van der Waals surface area (Å²) in [5.74, 6) is 1.55. The first-order valence-corrected chi connectivity index (χ1v) is 11.5. The first kappa shape index (κ1) is 24.9. The number of hydrogen-bond acceptors (Lipinski definition) is 5. The van der Waals surface area contributed by atoms with Gasteiger partial charge in [-0.1, -0.05) is 6.07 Å². The summed E-state index contributed by atoms with van der Waals surface area (Å²) in [6.07, 6.45) is 4.45. The second-order valence-corrected chi connectivity index (χ2v) is 8.78. The third-order valence-corrected chi connectivity index (χ3v) is 5.95. The van der Waals surface area contributed by atoms with Gasteiger partial charge in [0, 0.05) is 69.5 Å². The van der Waals surface area contributed by atoms with E-state index >= 15 is 0 Å². The Morgan fingerprint density at radius 3 is 2.52 bits per heavy atom. The molecule has 31 heavy (non-hydrogen) atoms. The third-order valence-electron chi connectivity index (χ3n) is 5.95. The van der Waals surface area contributed by atoms with E-state index in [2.05, 4.69) is 64.2 Å². The molecule has 1 aliphatic heterocycles. The maximum absolute atomic E-state index is 11.4. The molecule has 2 heterocycles. The molecule has 1 aliphatic rings. The summed E-state index contributed by atoms with van der Waals surface area (Å²) in [5, 5.41) is 6.83. The van der Waals surface area contributed by atoms with Crippen molar-refractivity contribution in [1.82, 2.24) is 20.5 Å². The monoisotopic (exact) mass is 431 g/mol. The lowest BCUT2D eigenvalue weighted by Gasteiger charge is -2.32. The molecule has 1 fully saturated rings. The lowest BCUT2D eigenvalue weighted by atomic mass is 9.96. The molecule has 0 spiro atoms. The molecule has 0 saturated carbocycles. The number of nitrogens with two attached hydrogens (primary N) is 1. The van der Waals surface area contributed by atoms with Crippen LogP contribution in [0.2, 0.25) is 0 Å². The molecular weight excluding hydrogens is 390 g/mol. The fraction of sp³-hybridized carbons (Fsp3) is 0.696. The van der Waals surface area contributed by atoms with E-state index in [1.165, 1.54) is 0 Å². The van der Waals surface area contributed by atoms with Gasteiger partial charge in [-0.25, -0.2) is 4.98 Å². The van der Waals surface area contributed by atoms with Crippen molar-refractivity contribution in [3.63, 3.8) is 0 Å². The average Bonchev–Trinajstić information content (AvgIpc) is 2.75. The molecule has 8 heteroatoms. The number of primary amides is 1. The summed E-state index contributed by atoms with van der Waals surface area (Å²) in [7, 11) is 1.79. The highest BCUT2D eigenvalue weighted by atomic mass is 16.1. The number of nitrogens with one attached hydrogen (secondary N) is 2. The topological polar surface area (TPSA) is 98.9 Å². The molecule has 0 aliphatic carbocycles. The number of guanidine groups is 1. The Kier molecular flexibility index (Phi) is 10.0. The molecular formula is C23H41N7O. The SMILES string of the molecule is CN=C(NCCCN(C(C)C)C(C)C)NCc1cccnc1N1CCC(C(N)=O)CC1. The van der Waals surface area contributed by atoms with Gasteiger partial charge in [0.15, 0.2) is 5.96 Å². The van der Waals surface area contributed by atoms with E-state index < -0.39 is 0 Å². The predicted octanol–water partition coefficient (Wildman–Crippen LogP) is 1.96. The zero-order valence-corrected chi connectivity index (χ0v) is 19.9. The lowest BCUT2D eigenvalue weighted by Crippen LogP contribution is -2.41. The first-order valence-electron chi connectivity index (χ1n) is 11.5. The van der Waals surface area contributed by atoms with Crippen LogP contribution in [-0.2, 0) is 11.3 Å². The van der Waals surface area contributed by atoms with Gasteiger partial charge in [0.25, 0.3) is 0 Å². The Morgan fingerprint density at radius 1 is 1.26 bits per heavy atom. The van der Waals surface area contributed by atoms with Gasteiger partial charge in [0.1, 0.15) is 5.82 Å². The molecule has 1 saturated heterocycles. The molecule has 1 amide bonds. The van der Waals surface area contributed by atoms with Crippen molar-refractivity contribution in [3.05, 3.63) is 23.9 Å². The minimum absolute atomic E-state index is 0.0214. The van der Waals surface area contributed by atoms with E-state index in [0.29, 0.717) is 18.6 Å². The lowest BCUT2D eigenvalue weighted by molar-refractivity contribution is -0.122. The van der Waals surface area contributed by atoms with E-state index in [9.17, 15) is 4.79 Å². The molecule has 0 radical (unpaired) electrons. The van der Waals surface area contributed by atoms with Gasteiger partial charge in [-0.2, -0.15) is 0 Å². The molecule has 174 valence electrons. The van der Waals surface area contributed by atoms with Gasteiger partial charge < -0.3 is 21.3 Å². The van der Waals surface area contributed by atoms with Crippen LogP contribution in [0.3, 0.4) is 0 Å². The summed E-state index contributed by atoms with van der Waals surface area (Å²) in [6, 6.07) is 5.15. The predicted molar refractivity (Wildman–Crippen MR) is 128 cm³/mol. The number of rotatable bonds is 10. The van der Waals surface area contributed by atoms with E-state index in [1.54, 1.807) is 7.05 Å². The van der Waals surface area contributed by atoms with E-state index in [1.807, 2.05) is 12.3 Å². The van der Waals surface area contributed by atoms with Crippen LogP contribution in [0.5, 0.6) is 0 Å². The number of anilines is 1. The van der Waals surface area contributed by atoms with Gasteiger partial charge in [-0.3, -0.25) is 14.7 Å². The van der Waals surface area contributed by atoms with Crippen LogP contribution >= 0.6 is 0 Å². The molecule has 4 N–H and O–H groups in total. The maximum atomic E-state index is 11.4. The van der Waals surface area contributed by atoms with Crippen LogP contribution in [-0.4, -0.2) is 67.1 Å². The Balaban J connectivity index is 1.84. The minimum atomic E-state index is -0.192. The van der Waals surface area contributed by atoms with Crippen LogP contribution in [0.25, 0.3) is 0 Å². The van der Waals surface area contributed by atoms with Gasteiger partial charge in [-0.15, -0.1) is 0 Å². The maximum Gasteiger partial charge on any atom is 0.220 e. The number of aliphatic imine (C=N–C) groups is 1. The quantitative estimate of drug-likeness (QED) is 0.298. The van der Waals surface area contributed by atoms with Gasteiger partial charge in [-0.05, 0) is 53.0 Å². The highest BCUT2D eigenvalue weighted by molar-refractivity contribution is 5.79. The van der Waals surface area contributed by atoms with Gasteiger partial charge in [0.2, 0.25) is 5.91 Å². The summed E-state index contributed by atoms with van der Waals surface area (Å²) < 4.78 is 0. The van der Waals surface area contributed by atoms with Crippen molar-refractivity contribution in [2.24, 2.45) is 16.6 Å². The molecule has 0 unspecified atom stereocenters. The highest BCUT2D eigenvalue weighted by Gasteiger charge is 2.25. The summed E-state index contributed by atoms with van der Waals surface area (Å²) in [5.41, 5.74) is 6.59. The van der Waals surface area contributed by atoms with E-state index in [-0.39, 0.29) is 11.8 Å². The Hall–Kier alpha value is -2.35. The second kappa shape index (κ2) is 12.5. The molecule has 0 bridgehead atoms. The van der Waals surface area contributed by atoms with Crippen LogP contribution in [0, 0.1) is 5.92 Å². The summed E-state index contributed by atoms with van der Waals surface area (Å²) in [4.78, 5) is 25.2. The Bertz CT molecular complexity index is 704. The van der Waals surface area contributed by atoms with Crippen LogP contribution in [0.15, 0.2) is 23.3 Å². The fourth-order valence-corrected chi connectivity index (χ4v) is 4.21. The fourth-order valence-electron chi connectivity index (χ4n) is 4.21. The van der Waals surface area contributed by atoms with Gasteiger partial charge >= 0.3 is 0 Å². The first-order chi connectivity index (χ1) is 14.8. The molecule has 8 nitrogen and oxygen atoms in total. The minimum Gasteiger partial charge on any atom is -0.369 e. The number of piperidine rings is 1. The Morgan fingerprint density at radius 2 is 1.94 bits per heavy atom. The molecule has 1 aromatic rings. The molecule has 0 aromatic carbocycles. The number of aromatic nitrogens is 1. The molecule has 2 rings (SSSR count). The number of nitrogens with zero attached hydrogens (tertiary/aromatic N) is 4. The Labute approximate surface area is 187 Å². The zero-order chi connectivity index (χ0) is 22.8. The van der Waals surface area contributed by atoms with E-state index in [0.717, 1.165) is 62.8 Å². The van der Waals surface area contributed by atoms with Gasteiger partial charge in [0.05, 0.1) is 0 Å². The van der Waals surface area contributed by atoms with Crippen LogP contribution in [0.1, 0.15) is 52.5 Å². The normalized spacial score (nSPS) is 15.7. The number of pyridine rings is 1.